The quantitative estimate of drug-likeness (QED) is 0.712. The van der Waals surface area contributed by atoms with Crippen LogP contribution in [-0.2, 0) is 0 Å². The van der Waals surface area contributed by atoms with Gasteiger partial charge >= 0.3 is 0 Å². The van der Waals surface area contributed by atoms with Gasteiger partial charge in [-0.15, -0.1) is 0 Å². The van der Waals surface area contributed by atoms with Gasteiger partial charge in [-0.2, -0.15) is 5.26 Å². The Kier molecular flexibility index (Phi) is 6.40. The average molecular weight is 272 g/mol. The predicted octanol–water partition coefficient (Wildman–Crippen LogP) is 3.59. The number of nitriles is 1. The van der Waals surface area contributed by atoms with E-state index in [1.54, 1.807) is 12.1 Å². The molecule has 2 rings (SSSR count). The van der Waals surface area contributed by atoms with E-state index in [0.717, 1.165) is 18.8 Å². The highest BCUT2D eigenvalue weighted by atomic mass is 16.5. The molecule has 108 valence electrons. The molecule has 0 spiro atoms. The molecule has 1 aliphatic rings. The zero-order valence-corrected chi connectivity index (χ0v) is 12.2. The molecule has 20 heavy (non-hydrogen) atoms. The van der Waals surface area contributed by atoms with Gasteiger partial charge in [0.15, 0.2) is 0 Å². The maximum Gasteiger partial charge on any atom is 0.119 e. The SMILES string of the molecule is N#Cc1ccc(OCCCCCN2CCCCC2)cc1. The van der Waals surface area contributed by atoms with E-state index in [4.69, 9.17) is 10.00 Å². The first kappa shape index (κ1) is 14.9. The lowest BCUT2D eigenvalue weighted by Gasteiger charge is -2.26. The maximum absolute atomic E-state index is 8.71. The van der Waals surface area contributed by atoms with Gasteiger partial charge in [0, 0.05) is 0 Å². The Balaban J connectivity index is 1.51. The number of hydrogen-bond acceptors (Lipinski definition) is 3. The van der Waals surface area contributed by atoms with Crippen LogP contribution in [0.15, 0.2) is 24.3 Å². The van der Waals surface area contributed by atoms with Crippen molar-refractivity contribution in [1.82, 2.24) is 4.90 Å². The Bertz CT molecular complexity index is 416. The third-order valence-electron chi connectivity index (χ3n) is 3.82. The largest absolute Gasteiger partial charge is 0.494 e. The molecule has 0 aliphatic carbocycles. The molecule has 1 heterocycles. The van der Waals surface area contributed by atoms with Crippen molar-refractivity contribution >= 4 is 0 Å². The smallest absolute Gasteiger partial charge is 0.119 e. The molecular formula is C17H24N2O. The molecule has 0 atom stereocenters. The summed E-state index contributed by atoms with van der Waals surface area (Å²) < 4.78 is 5.67. The van der Waals surface area contributed by atoms with Crippen LogP contribution in [0.3, 0.4) is 0 Å². The summed E-state index contributed by atoms with van der Waals surface area (Å²) in [6.07, 6.45) is 7.77. The van der Waals surface area contributed by atoms with Gasteiger partial charge in [0.1, 0.15) is 5.75 Å². The zero-order valence-electron chi connectivity index (χ0n) is 12.2. The van der Waals surface area contributed by atoms with Crippen LogP contribution in [0.25, 0.3) is 0 Å². The Labute approximate surface area is 122 Å². The van der Waals surface area contributed by atoms with Gasteiger partial charge in [0.05, 0.1) is 18.2 Å². The maximum atomic E-state index is 8.71. The molecule has 0 aromatic heterocycles. The van der Waals surface area contributed by atoms with E-state index in [0.29, 0.717) is 5.56 Å². The molecule has 0 unspecified atom stereocenters. The molecule has 1 aliphatic heterocycles. The first-order valence-electron chi connectivity index (χ1n) is 7.74. The average Bonchev–Trinajstić information content (AvgIpc) is 2.52. The van der Waals surface area contributed by atoms with Crippen LogP contribution in [0.5, 0.6) is 5.75 Å². The summed E-state index contributed by atoms with van der Waals surface area (Å²) in [4.78, 5) is 2.59. The molecular weight excluding hydrogens is 248 g/mol. The number of piperidine rings is 1. The fraction of sp³-hybridized carbons (Fsp3) is 0.588. The lowest BCUT2D eigenvalue weighted by Crippen LogP contribution is -2.30. The van der Waals surface area contributed by atoms with Crippen LogP contribution in [0.1, 0.15) is 44.1 Å². The number of hydrogen-bond donors (Lipinski definition) is 0. The van der Waals surface area contributed by atoms with Crippen LogP contribution in [0.4, 0.5) is 0 Å². The summed E-state index contributed by atoms with van der Waals surface area (Å²) >= 11 is 0. The van der Waals surface area contributed by atoms with E-state index in [1.165, 1.54) is 51.7 Å². The molecule has 0 saturated carbocycles. The van der Waals surface area contributed by atoms with Gasteiger partial charge in [0.25, 0.3) is 0 Å². The second-order valence-electron chi connectivity index (χ2n) is 5.45. The fourth-order valence-electron chi connectivity index (χ4n) is 2.61. The zero-order chi connectivity index (χ0) is 14.0. The van der Waals surface area contributed by atoms with Crippen molar-refractivity contribution in [3.8, 4) is 11.8 Å². The summed E-state index contributed by atoms with van der Waals surface area (Å²) in [5.41, 5.74) is 0.680. The number of likely N-dealkylation sites (tertiary alicyclic amines) is 1. The number of rotatable bonds is 7. The van der Waals surface area contributed by atoms with Crippen LogP contribution in [0.2, 0.25) is 0 Å². The Hall–Kier alpha value is -1.53. The topological polar surface area (TPSA) is 36.3 Å². The molecule has 0 radical (unpaired) electrons. The summed E-state index contributed by atoms with van der Waals surface area (Å²) in [5, 5.41) is 8.71. The molecule has 1 aromatic rings. The van der Waals surface area contributed by atoms with Gasteiger partial charge in [-0.05, 0) is 76.0 Å². The van der Waals surface area contributed by atoms with Gasteiger partial charge in [-0.25, -0.2) is 0 Å². The second kappa shape index (κ2) is 8.60. The van der Waals surface area contributed by atoms with E-state index in [-0.39, 0.29) is 0 Å². The lowest BCUT2D eigenvalue weighted by atomic mass is 10.1. The minimum Gasteiger partial charge on any atom is -0.494 e. The normalized spacial score (nSPS) is 15.8. The number of unbranched alkanes of at least 4 members (excludes halogenated alkanes) is 2. The van der Waals surface area contributed by atoms with Crippen molar-refractivity contribution in [2.45, 2.75) is 38.5 Å². The first-order chi connectivity index (χ1) is 9.88. The molecule has 3 nitrogen and oxygen atoms in total. The van der Waals surface area contributed by atoms with Crippen molar-refractivity contribution in [2.75, 3.05) is 26.2 Å². The van der Waals surface area contributed by atoms with Crippen LogP contribution < -0.4 is 4.74 Å². The number of nitrogens with zero attached hydrogens (tertiary/aromatic N) is 2. The summed E-state index contributed by atoms with van der Waals surface area (Å²) in [6, 6.07) is 9.44. The standard InChI is InChI=1S/C17H24N2O/c18-15-16-7-9-17(10-8-16)20-14-6-2-5-13-19-11-3-1-4-12-19/h7-10H,1-6,11-14H2. The van der Waals surface area contributed by atoms with Crippen molar-refractivity contribution < 1.29 is 4.74 Å². The van der Waals surface area contributed by atoms with Crippen molar-refractivity contribution in [2.24, 2.45) is 0 Å². The molecule has 0 amide bonds. The third kappa shape index (κ3) is 5.22. The fourth-order valence-corrected chi connectivity index (χ4v) is 2.61. The minimum absolute atomic E-state index is 0.680. The van der Waals surface area contributed by atoms with E-state index < -0.39 is 0 Å². The summed E-state index contributed by atoms with van der Waals surface area (Å²) in [6.45, 7) is 4.60. The number of ether oxygens (including phenoxy) is 1. The van der Waals surface area contributed by atoms with Crippen LogP contribution in [-0.4, -0.2) is 31.1 Å². The molecule has 0 bridgehead atoms. The van der Waals surface area contributed by atoms with Crippen LogP contribution >= 0.6 is 0 Å². The van der Waals surface area contributed by atoms with Gasteiger partial charge in [0.2, 0.25) is 0 Å². The number of benzene rings is 1. The van der Waals surface area contributed by atoms with Crippen LogP contribution in [0, 0.1) is 11.3 Å². The Morgan fingerprint density at radius 3 is 2.45 bits per heavy atom. The first-order valence-corrected chi connectivity index (χ1v) is 7.74. The monoisotopic (exact) mass is 272 g/mol. The van der Waals surface area contributed by atoms with Gasteiger partial charge < -0.3 is 9.64 Å². The van der Waals surface area contributed by atoms with Crippen molar-refractivity contribution in [3.05, 3.63) is 29.8 Å². The van der Waals surface area contributed by atoms with Gasteiger partial charge in [-0.3, -0.25) is 0 Å². The minimum atomic E-state index is 0.680. The van der Waals surface area contributed by atoms with E-state index in [1.807, 2.05) is 12.1 Å². The summed E-state index contributed by atoms with van der Waals surface area (Å²) in [5.74, 6) is 0.861. The summed E-state index contributed by atoms with van der Waals surface area (Å²) in [7, 11) is 0. The highest BCUT2D eigenvalue weighted by molar-refractivity contribution is 5.34. The lowest BCUT2D eigenvalue weighted by molar-refractivity contribution is 0.221. The highest BCUT2D eigenvalue weighted by Gasteiger charge is 2.08. The van der Waals surface area contributed by atoms with Crippen molar-refractivity contribution in [3.63, 3.8) is 0 Å². The van der Waals surface area contributed by atoms with E-state index in [9.17, 15) is 0 Å². The third-order valence-corrected chi connectivity index (χ3v) is 3.82. The Morgan fingerprint density at radius 1 is 1.00 bits per heavy atom. The highest BCUT2D eigenvalue weighted by Crippen LogP contribution is 2.13. The molecule has 3 heteroatoms. The molecule has 1 saturated heterocycles. The predicted molar refractivity (Wildman–Crippen MR) is 80.8 cm³/mol. The van der Waals surface area contributed by atoms with Gasteiger partial charge in [-0.1, -0.05) is 6.42 Å². The molecule has 1 fully saturated rings. The molecule has 0 N–H and O–H groups in total. The second-order valence-corrected chi connectivity index (χ2v) is 5.45. The van der Waals surface area contributed by atoms with E-state index in [2.05, 4.69) is 11.0 Å². The van der Waals surface area contributed by atoms with Crippen molar-refractivity contribution in [1.29, 1.82) is 5.26 Å². The molecule has 1 aromatic carbocycles. The Morgan fingerprint density at radius 2 is 1.75 bits per heavy atom. The van der Waals surface area contributed by atoms with E-state index >= 15 is 0 Å².